The minimum atomic E-state index is 0.157. The minimum absolute atomic E-state index is 0.157. The summed E-state index contributed by atoms with van der Waals surface area (Å²) < 4.78 is 0. The molecule has 2 rings (SSSR count). The fourth-order valence-corrected chi connectivity index (χ4v) is 3.87. The van der Waals surface area contributed by atoms with Crippen molar-refractivity contribution < 1.29 is 0 Å². The Morgan fingerprint density at radius 3 is 2.67 bits per heavy atom. The van der Waals surface area contributed by atoms with Crippen molar-refractivity contribution in [3.05, 3.63) is 34.9 Å². The molecule has 0 heterocycles. The molecule has 0 unspecified atom stereocenters. The van der Waals surface area contributed by atoms with Gasteiger partial charge in [0.1, 0.15) is 5.84 Å². The first-order valence-electron chi connectivity index (χ1n) is 6.72. The largest absolute Gasteiger partial charge is 0.384 e. The van der Waals surface area contributed by atoms with Crippen molar-refractivity contribution in [1.82, 2.24) is 0 Å². The van der Waals surface area contributed by atoms with Crippen molar-refractivity contribution in [2.24, 2.45) is 5.73 Å². The lowest BCUT2D eigenvalue weighted by molar-refractivity contribution is 0.516. The number of aryl methyl sites for hydroxylation is 1. The summed E-state index contributed by atoms with van der Waals surface area (Å²) in [4.78, 5) is 0. The highest BCUT2D eigenvalue weighted by Crippen LogP contribution is 2.31. The third kappa shape index (κ3) is 3.52. The molecule has 0 atom stereocenters. The van der Waals surface area contributed by atoms with Gasteiger partial charge in [-0.3, -0.25) is 5.41 Å². The van der Waals surface area contributed by atoms with E-state index in [0.29, 0.717) is 0 Å². The maximum Gasteiger partial charge on any atom is 0.122 e. The summed E-state index contributed by atoms with van der Waals surface area (Å²) in [6.45, 7) is 2.11. The van der Waals surface area contributed by atoms with E-state index in [0.717, 1.165) is 16.6 Å². The maximum absolute atomic E-state index is 7.44. The summed E-state index contributed by atoms with van der Waals surface area (Å²) in [5, 5.41) is 8.29. The van der Waals surface area contributed by atoms with Crippen molar-refractivity contribution in [2.45, 2.75) is 50.0 Å². The van der Waals surface area contributed by atoms with Gasteiger partial charge < -0.3 is 5.73 Å². The summed E-state index contributed by atoms with van der Waals surface area (Å²) in [6.07, 6.45) is 6.99. The van der Waals surface area contributed by atoms with Crippen LogP contribution in [0.25, 0.3) is 0 Å². The van der Waals surface area contributed by atoms with Gasteiger partial charge in [0, 0.05) is 16.6 Å². The second-order valence-electron chi connectivity index (χ2n) is 5.13. The van der Waals surface area contributed by atoms with Crippen molar-refractivity contribution >= 4 is 17.6 Å². The van der Waals surface area contributed by atoms with Crippen LogP contribution in [0.5, 0.6) is 0 Å². The predicted octanol–water partition coefficient (Wildman–Crippen LogP) is 3.84. The molecule has 1 aliphatic carbocycles. The zero-order chi connectivity index (χ0) is 13.0. The highest BCUT2D eigenvalue weighted by atomic mass is 32.2. The quantitative estimate of drug-likeness (QED) is 0.639. The van der Waals surface area contributed by atoms with Crippen molar-refractivity contribution in [3.8, 4) is 0 Å². The van der Waals surface area contributed by atoms with Crippen LogP contribution in [-0.2, 0) is 5.75 Å². The van der Waals surface area contributed by atoms with Crippen LogP contribution < -0.4 is 5.73 Å². The molecular weight excluding hydrogens is 240 g/mol. The molecule has 0 bridgehead atoms. The molecule has 1 saturated carbocycles. The van der Waals surface area contributed by atoms with Crippen LogP contribution in [0.1, 0.15) is 48.8 Å². The standard InChI is InChI=1S/C15H22N2S/c1-11-9-12(15(16)17)7-8-13(11)10-18-14-5-3-2-4-6-14/h7-9,14H,2-6,10H2,1H3,(H3,16,17). The Hall–Kier alpha value is -0.960. The van der Waals surface area contributed by atoms with Crippen molar-refractivity contribution in [2.75, 3.05) is 0 Å². The molecule has 3 heteroatoms. The van der Waals surface area contributed by atoms with Crippen LogP contribution >= 0.6 is 11.8 Å². The molecular formula is C15H22N2S. The van der Waals surface area contributed by atoms with E-state index < -0.39 is 0 Å². The zero-order valence-corrected chi connectivity index (χ0v) is 11.9. The molecule has 0 aromatic heterocycles. The lowest BCUT2D eigenvalue weighted by atomic mass is 10.0. The summed E-state index contributed by atoms with van der Waals surface area (Å²) in [5.74, 6) is 1.25. The number of thioether (sulfide) groups is 1. The molecule has 98 valence electrons. The molecule has 0 spiro atoms. The topological polar surface area (TPSA) is 49.9 Å². The second-order valence-corrected chi connectivity index (χ2v) is 6.41. The van der Waals surface area contributed by atoms with E-state index in [9.17, 15) is 0 Å². The van der Waals surface area contributed by atoms with Gasteiger partial charge in [-0.2, -0.15) is 11.8 Å². The molecule has 0 saturated heterocycles. The second kappa shape index (κ2) is 6.28. The van der Waals surface area contributed by atoms with Crippen LogP contribution in [0.15, 0.2) is 18.2 Å². The lowest BCUT2D eigenvalue weighted by Gasteiger charge is -2.21. The van der Waals surface area contributed by atoms with E-state index in [4.69, 9.17) is 11.1 Å². The molecule has 0 amide bonds. The molecule has 18 heavy (non-hydrogen) atoms. The summed E-state index contributed by atoms with van der Waals surface area (Å²) in [5.41, 5.74) is 8.97. The zero-order valence-electron chi connectivity index (χ0n) is 11.0. The third-order valence-corrected chi connectivity index (χ3v) is 5.10. The smallest absolute Gasteiger partial charge is 0.122 e. The first-order chi connectivity index (χ1) is 8.66. The maximum atomic E-state index is 7.44. The SMILES string of the molecule is Cc1cc(C(=N)N)ccc1CSC1CCCCC1. The van der Waals surface area contributed by atoms with Gasteiger partial charge in [-0.05, 0) is 37.0 Å². The number of benzene rings is 1. The van der Waals surface area contributed by atoms with E-state index in [1.165, 1.54) is 43.2 Å². The highest BCUT2D eigenvalue weighted by Gasteiger charge is 2.14. The van der Waals surface area contributed by atoms with Crippen LogP contribution in [0.2, 0.25) is 0 Å². The summed E-state index contributed by atoms with van der Waals surface area (Å²) in [6, 6.07) is 6.12. The lowest BCUT2D eigenvalue weighted by Crippen LogP contribution is -2.11. The molecule has 1 aromatic rings. The number of nitrogens with one attached hydrogen (secondary N) is 1. The Morgan fingerprint density at radius 2 is 2.06 bits per heavy atom. The highest BCUT2D eigenvalue weighted by molar-refractivity contribution is 7.99. The number of amidine groups is 1. The molecule has 1 aliphatic rings. The number of hydrogen-bond donors (Lipinski definition) is 2. The van der Waals surface area contributed by atoms with Crippen molar-refractivity contribution in [1.29, 1.82) is 5.41 Å². The first kappa shape index (κ1) is 13.5. The minimum Gasteiger partial charge on any atom is -0.384 e. The van der Waals surface area contributed by atoms with Gasteiger partial charge in [0.05, 0.1) is 0 Å². The summed E-state index contributed by atoms with van der Waals surface area (Å²) in [7, 11) is 0. The van der Waals surface area contributed by atoms with E-state index in [1.54, 1.807) is 0 Å². The molecule has 1 fully saturated rings. The fourth-order valence-electron chi connectivity index (χ4n) is 2.46. The van der Waals surface area contributed by atoms with E-state index in [-0.39, 0.29) is 5.84 Å². The van der Waals surface area contributed by atoms with Gasteiger partial charge in [-0.25, -0.2) is 0 Å². The monoisotopic (exact) mass is 262 g/mol. The number of hydrogen-bond acceptors (Lipinski definition) is 2. The number of nitrogen functional groups attached to an aromatic ring is 1. The van der Waals surface area contributed by atoms with Crippen molar-refractivity contribution in [3.63, 3.8) is 0 Å². The van der Waals surface area contributed by atoms with Gasteiger partial charge in [0.2, 0.25) is 0 Å². The Balaban J connectivity index is 1.94. The molecule has 1 aromatic carbocycles. The van der Waals surface area contributed by atoms with Gasteiger partial charge in [-0.15, -0.1) is 0 Å². The molecule has 0 aliphatic heterocycles. The van der Waals surface area contributed by atoms with Gasteiger partial charge in [-0.1, -0.05) is 31.4 Å². The van der Waals surface area contributed by atoms with Crippen LogP contribution in [0.4, 0.5) is 0 Å². The summed E-state index contributed by atoms with van der Waals surface area (Å²) >= 11 is 2.09. The Morgan fingerprint density at radius 1 is 1.33 bits per heavy atom. The molecule has 3 N–H and O–H groups in total. The average molecular weight is 262 g/mol. The van der Waals surface area contributed by atoms with Crippen LogP contribution in [-0.4, -0.2) is 11.1 Å². The molecule has 0 radical (unpaired) electrons. The number of rotatable bonds is 4. The first-order valence-corrected chi connectivity index (χ1v) is 7.77. The Kier molecular flexibility index (Phi) is 4.70. The normalized spacial score (nSPS) is 16.7. The van der Waals surface area contributed by atoms with E-state index in [2.05, 4.69) is 24.8 Å². The van der Waals surface area contributed by atoms with Crippen LogP contribution in [0.3, 0.4) is 0 Å². The average Bonchev–Trinajstić information content (AvgIpc) is 2.38. The van der Waals surface area contributed by atoms with E-state index in [1.807, 2.05) is 12.1 Å². The number of nitrogens with two attached hydrogens (primary N) is 1. The third-order valence-electron chi connectivity index (χ3n) is 3.68. The van der Waals surface area contributed by atoms with Gasteiger partial charge in [0.15, 0.2) is 0 Å². The van der Waals surface area contributed by atoms with E-state index >= 15 is 0 Å². The van der Waals surface area contributed by atoms with Crippen LogP contribution in [0, 0.1) is 12.3 Å². The molecule has 2 nitrogen and oxygen atoms in total. The van der Waals surface area contributed by atoms with Gasteiger partial charge >= 0.3 is 0 Å². The fraction of sp³-hybridized carbons (Fsp3) is 0.533. The Bertz CT molecular complexity index is 423. The Labute approximate surface area is 114 Å². The van der Waals surface area contributed by atoms with Gasteiger partial charge in [0.25, 0.3) is 0 Å². The predicted molar refractivity (Wildman–Crippen MR) is 80.4 cm³/mol.